The molecule has 0 saturated carbocycles. The minimum Gasteiger partial charge on any atom is -0.378 e. The maximum Gasteiger partial charge on any atom is 0.433 e. The van der Waals surface area contributed by atoms with E-state index in [-0.39, 0.29) is 11.3 Å². The highest BCUT2D eigenvalue weighted by atomic mass is 19.4. The number of hydrogen-bond acceptors (Lipinski definition) is 5. The first-order chi connectivity index (χ1) is 16.7. The summed E-state index contributed by atoms with van der Waals surface area (Å²) < 4.78 is 58.9. The summed E-state index contributed by atoms with van der Waals surface area (Å²) in [6.07, 6.45) is 3.35. The molecule has 3 heterocycles. The van der Waals surface area contributed by atoms with Gasteiger partial charge in [-0.05, 0) is 54.3 Å². The van der Waals surface area contributed by atoms with Crippen molar-refractivity contribution in [3.63, 3.8) is 0 Å². The van der Waals surface area contributed by atoms with E-state index in [9.17, 15) is 22.4 Å². The first-order valence-electron chi connectivity index (χ1n) is 10.6. The summed E-state index contributed by atoms with van der Waals surface area (Å²) in [7, 11) is 0. The van der Waals surface area contributed by atoms with Gasteiger partial charge in [-0.2, -0.15) is 13.2 Å². The van der Waals surface area contributed by atoms with Gasteiger partial charge in [-0.1, -0.05) is 0 Å². The first-order valence-corrected chi connectivity index (χ1v) is 10.6. The highest BCUT2D eigenvalue weighted by Crippen LogP contribution is 2.33. The Morgan fingerprint density at radius 1 is 1.17 bits per heavy atom. The number of aromatic nitrogens is 2. The summed E-state index contributed by atoms with van der Waals surface area (Å²) in [5.74, 6) is 0.939. The third-order valence-electron chi connectivity index (χ3n) is 5.54. The number of pyridine rings is 2. The molecule has 2 aromatic heterocycles. The van der Waals surface area contributed by atoms with Crippen LogP contribution in [0.5, 0.6) is 0 Å². The number of morpholine rings is 1. The minimum atomic E-state index is -4.71. The molecule has 1 aromatic carbocycles. The average Bonchev–Trinajstić information content (AvgIpc) is 2.85. The van der Waals surface area contributed by atoms with Gasteiger partial charge in [0.1, 0.15) is 17.2 Å². The molecule has 4 rings (SSSR count). The predicted molar refractivity (Wildman–Crippen MR) is 123 cm³/mol. The van der Waals surface area contributed by atoms with E-state index < -0.39 is 23.6 Å². The second-order valence-corrected chi connectivity index (χ2v) is 7.86. The Morgan fingerprint density at radius 2 is 1.91 bits per heavy atom. The largest absolute Gasteiger partial charge is 0.433 e. The molecule has 1 aliphatic rings. The molecule has 10 heteroatoms. The van der Waals surface area contributed by atoms with Crippen molar-refractivity contribution in [3.05, 3.63) is 71.1 Å². The van der Waals surface area contributed by atoms with Gasteiger partial charge >= 0.3 is 6.18 Å². The number of alkyl halides is 3. The Kier molecular flexibility index (Phi) is 6.71. The van der Waals surface area contributed by atoms with E-state index in [1.54, 1.807) is 13.1 Å². The van der Waals surface area contributed by atoms with Crippen LogP contribution in [-0.2, 0) is 10.9 Å². The predicted octanol–water partition coefficient (Wildman–Crippen LogP) is 4.68. The zero-order valence-corrected chi connectivity index (χ0v) is 18.6. The Morgan fingerprint density at radius 3 is 2.60 bits per heavy atom. The molecule has 180 valence electrons. The lowest BCUT2D eigenvalue weighted by Crippen LogP contribution is -2.36. The number of terminal acetylenes is 1. The Bertz CT molecular complexity index is 1310. The summed E-state index contributed by atoms with van der Waals surface area (Å²) >= 11 is 0. The molecular formula is C25H20F4N4O2. The van der Waals surface area contributed by atoms with Crippen molar-refractivity contribution in [2.24, 2.45) is 0 Å². The lowest BCUT2D eigenvalue weighted by molar-refractivity contribution is -0.141. The van der Waals surface area contributed by atoms with E-state index in [1.807, 2.05) is 6.07 Å². The molecule has 0 spiro atoms. The van der Waals surface area contributed by atoms with Gasteiger partial charge < -0.3 is 15.0 Å². The van der Waals surface area contributed by atoms with Crippen LogP contribution < -0.4 is 10.2 Å². The second kappa shape index (κ2) is 9.72. The first kappa shape index (κ1) is 24.2. The molecule has 35 heavy (non-hydrogen) atoms. The quantitative estimate of drug-likeness (QED) is 0.430. The zero-order chi connectivity index (χ0) is 25.2. The number of nitrogens with one attached hydrogen (secondary N) is 1. The number of carbonyl (C=O) groups is 1. The number of nitrogens with zero attached hydrogens (tertiary/aromatic N) is 3. The lowest BCUT2D eigenvalue weighted by atomic mass is 9.99. The van der Waals surface area contributed by atoms with Crippen LogP contribution in [0.25, 0.3) is 11.1 Å². The van der Waals surface area contributed by atoms with Crippen LogP contribution in [0.1, 0.15) is 27.3 Å². The Balaban J connectivity index is 1.68. The van der Waals surface area contributed by atoms with Crippen molar-refractivity contribution in [1.29, 1.82) is 0 Å². The van der Waals surface area contributed by atoms with Gasteiger partial charge in [-0.3, -0.25) is 9.78 Å². The van der Waals surface area contributed by atoms with Crippen molar-refractivity contribution in [2.45, 2.75) is 13.1 Å². The van der Waals surface area contributed by atoms with Crippen LogP contribution in [0.2, 0.25) is 0 Å². The lowest BCUT2D eigenvalue weighted by Gasteiger charge is -2.29. The highest BCUT2D eigenvalue weighted by molar-refractivity contribution is 6.04. The van der Waals surface area contributed by atoms with Gasteiger partial charge in [0.05, 0.1) is 24.6 Å². The fourth-order valence-corrected chi connectivity index (χ4v) is 3.76. The van der Waals surface area contributed by atoms with Crippen molar-refractivity contribution in [3.8, 4) is 23.5 Å². The fourth-order valence-electron chi connectivity index (χ4n) is 3.76. The molecule has 0 aliphatic carbocycles. The number of halogens is 4. The molecule has 0 unspecified atom stereocenters. The second-order valence-electron chi connectivity index (χ2n) is 7.86. The molecular weight excluding hydrogens is 464 g/mol. The third-order valence-corrected chi connectivity index (χ3v) is 5.54. The number of hydrogen-bond donors (Lipinski definition) is 1. The van der Waals surface area contributed by atoms with E-state index in [1.165, 1.54) is 12.1 Å². The van der Waals surface area contributed by atoms with Gasteiger partial charge in [0.25, 0.3) is 5.91 Å². The monoisotopic (exact) mass is 484 g/mol. The van der Waals surface area contributed by atoms with E-state index >= 15 is 0 Å². The number of aryl methyl sites for hydroxylation is 1. The number of rotatable bonds is 4. The maximum absolute atomic E-state index is 14.7. The molecule has 0 bridgehead atoms. The SMILES string of the molecule is C#Cc1ncc(-c2cc(NC(=O)c3ccnc(C(F)(F)F)c3)c(F)cc2C)cc1N1CCOCC1. The molecule has 1 fully saturated rings. The van der Waals surface area contributed by atoms with Crippen LogP contribution in [0.3, 0.4) is 0 Å². The fraction of sp³-hybridized carbons (Fsp3) is 0.240. The molecule has 1 amide bonds. The van der Waals surface area contributed by atoms with Crippen LogP contribution in [0.4, 0.5) is 28.9 Å². The molecule has 1 N–H and O–H groups in total. The number of ether oxygens (including phenoxy) is 1. The van der Waals surface area contributed by atoms with Gasteiger partial charge in [-0.25, -0.2) is 9.37 Å². The summed E-state index contributed by atoms with van der Waals surface area (Å²) in [6, 6.07) is 6.23. The number of anilines is 2. The molecule has 1 aliphatic heterocycles. The van der Waals surface area contributed by atoms with Crippen molar-refractivity contribution >= 4 is 17.3 Å². The van der Waals surface area contributed by atoms with E-state index in [4.69, 9.17) is 11.2 Å². The van der Waals surface area contributed by atoms with Gasteiger partial charge in [-0.15, -0.1) is 6.42 Å². The number of carbonyl (C=O) groups excluding carboxylic acids is 1. The minimum absolute atomic E-state index is 0.185. The smallest absolute Gasteiger partial charge is 0.378 e. The Hall–Kier alpha value is -3.97. The number of amides is 1. The van der Waals surface area contributed by atoms with Gasteiger partial charge in [0.15, 0.2) is 0 Å². The summed E-state index contributed by atoms with van der Waals surface area (Å²) in [6.45, 7) is 4.06. The Labute approximate surface area is 199 Å². The van der Waals surface area contributed by atoms with E-state index in [0.29, 0.717) is 54.8 Å². The zero-order valence-electron chi connectivity index (χ0n) is 18.6. The van der Waals surface area contributed by atoms with Crippen molar-refractivity contribution < 1.29 is 27.1 Å². The van der Waals surface area contributed by atoms with E-state index in [2.05, 4.69) is 26.1 Å². The maximum atomic E-state index is 14.7. The summed E-state index contributed by atoms with van der Waals surface area (Å²) in [4.78, 5) is 22.3. The number of benzene rings is 1. The highest BCUT2D eigenvalue weighted by Gasteiger charge is 2.33. The molecule has 1 saturated heterocycles. The normalized spacial score (nSPS) is 13.9. The molecule has 0 radical (unpaired) electrons. The van der Waals surface area contributed by atoms with Crippen LogP contribution in [0.15, 0.2) is 42.7 Å². The standard InChI is InChI=1S/C25H20F4N4O2/c1-3-20-22(33-6-8-35-9-7-33)11-17(14-31-20)18-13-21(19(26)10-15(18)2)32-24(34)16-4-5-30-23(12-16)25(27,28)29/h1,4-5,10-14H,6-9H2,2H3,(H,32,34). The van der Waals surface area contributed by atoms with Crippen LogP contribution >= 0.6 is 0 Å². The van der Waals surface area contributed by atoms with Crippen LogP contribution in [0, 0.1) is 25.1 Å². The van der Waals surface area contributed by atoms with Crippen molar-refractivity contribution in [1.82, 2.24) is 9.97 Å². The summed E-state index contributed by atoms with van der Waals surface area (Å²) in [5.41, 5.74) is 1.29. The summed E-state index contributed by atoms with van der Waals surface area (Å²) in [5, 5.41) is 2.35. The molecule has 6 nitrogen and oxygen atoms in total. The average molecular weight is 484 g/mol. The van der Waals surface area contributed by atoms with E-state index in [0.717, 1.165) is 18.0 Å². The molecule has 3 aromatic rings. The van der Waals surface area contributed by atoms with Gasteiger partial charge in [0, 0.05) is 36.6 Å². The third kappa shape index (κ3) is 5.25. The van der Waals surface area contributed by atoms with Crippen molar-refractivity contribution in [2.75, 3.05) is 36.5 Å². The molecule has 0 atom stereocenters. The van der Waals surface area contributed by atoms with Crippen LogP contribution in [-0.4, -0.2) is 42.2 Å². The topological polar surface area (TPSA) is 67.4 Å². The van der Waals surface area contributed by atoms with Gasteiger partial charge in [0.2, 0.25) is 0 Å².